The number of pyridine rings is 7. The van der Waals surface area contributed by atoms with E-state index in [0.29, 0.717) is 33.9 Å². The lowest BCUT2D eigenvalue weighted by molar-refractivity contribution is -0.661. The van der Waals surface area contributed by atoms with E-state index in [1.807, 2.05) is 189 Å². The first-order chi connectivity index (χ1) is 61.3. The highest BCUT2D eigenvalue weighted by Gasteiger charge is 2.22. The molecular formula is C114H144N7+7. The summed E-state index contributed by atoms with van der Waals surface area (Å²) in [5.41, 5.74) is 32.6. The smallest absolute Gasteiger partial charge is 0.201 e. The Kier molecular flexibility index (Phi) is 30.6. The number of hydrogen-bond donors (Lipinski definition) is 0. The molecule has 0 N–H and O–H groups in total. The largest absolute Gasteiger partial charge is 0.212 e. The van der Waals surface area contributed by atoms with Crippen molar-refractivity contribution in [1.82, 2.24) is 0 Å². The predicted octanol–water partition coefficient (Wildman–Crippen LogP) is 24.8. The first-order valence-electron chi connectivity index (χ1n) is 47.7. The van der Waals surface area contributed by atoms with Crippen molar-refractivity contribution in [3.8, 4) is 78.8 Å². The second-order valence-corrected chi connectivity index (χ2v) is 34.3. The molecule has 14 rings (SSSR count). The van der Waals surface area contributed by atoms with Crippen LogP contribution in [-0.4, -0.2) is 0 Å². The van der Waals surface area contributed by atoms with Crippen LogP contribution in [0.15, 0.2) is 298 Å². The Morgan fingerprint density at radius 3 is 0.917 bits per heavy atom. The minimum Gasteiger partial charge on any atom is -0.201 e. The molecule has 7 aromatic carbocycles. The number of rotatable bonds is 16. The lowest BCUT2D eigenvalue weighted by Gasteiger charge is -2.18. The van der Waals surface area contributed by atoms with Crippen molar-refractivity contribution < 1.29 is 45.7 Å². The third-order valence-corrected chi connectivity index (χ3v) is 21.6. The van der Waals surface area contributed by atoms with Crippen molar-refractivity contribution in [3.05, 3.63) is 376 Å². The Morgan fingerprint density at radius 2 is 0.595 bits per heavy atom. The average molecular weight is 1620 g/mol. The number of benzene rings is 7. The second-order valence-electron chi connectivity index (χ2n) is 34.3. The van der Waals surface area contributed by atoms with Gasteiger partial charge >= 0.3 is 0 Å². The van der Waals surface area contributed by atoms with E-state index in [4.69, 9.17) is 13.7 Å². The summed E-state index contributed by atoms with van der Waals surface area (Å²) in [4.78, 5) is 0. The van der Waals surface area contributed by atoms with Crippen molar-refractivity contribution in [1.29, 1.82) is 0 Å². The minimum absolute atomic E-state index is 0.0492. The van der Waals surface area contributed by atoms with Crippen molar-refractivity contribution in [2.75, 3.05) is 0 Å². The number of hydrogen-bond acceptors (Lipinski definition) is 0. The molecule has 0 spiro atoms. The molecule has 0 aliphatic heterocycles. The van der Waals surface area contributed by atoms with Crippen LogP contribution in [0.5, 0.6) is 0 Å². The van der Waals surface area contributed by atoms with Crippen LogP contribution in [0, 0.1) is 65.7 Å². The Morgan fingerprint density at radius 1 is 0.298 bits per heavy atom. The van der Waals surface area contributed by atoms with Gasteiger partial charge in [0.25, 0.3) is 0 Å². The summed E-state index contributed by atoms with van der Waals surface area (Å²) in [6.45, 7) is 36.7. The summed E-state index contributed by atoms with van der Waals surface area (Å²) in [5.74, 6) is -0.400. The Bertz CT molecular complexity index is 6160. The number of aryl methyl sites for hydroxylation is 16. The molecular weight excluding hydrogens is 1470 g/mol. The lowest BCUT2D eigenvalue weighted by atomic mass is 9.88. The van der Waals surface area contributed by atoms with Crippen LogP contribution < -0.4 is 32.0 Å². The predicted molar refractivity (Wildman–Crippen MR) is 512 cm³/mol. The van der Waals surface area contributed by atoms with Crippen LogP contribution in [0.1, 0.15) is 193 Å². The van der Waals surface area contributed by atoms with Gasteiger partial charge < -0.3 is 0 Å². The van der Waals surface area contributed by atoms with Gasteiger partial charge in [0.05, 0.1) is 0 Å². The van der Waals surface area contributed by atoms with Gasteiger partial charge in [-0.3, -0.25) is 0 Å². The highest BCUT2D eigenvalue weighted by atomic mass is 14.9. The van der Waals surface area contributed by atoms with Crippen molar-refractivity contribution in [2.45, 2.75) is 182 Å². The summed E-state index contributed by atoms with van der Waals surface area (Å²) in [5, 5.41) is 0. The van der Waals surface area contributed by atoms with E-state index in [2.05, 4.69) is 289 Å². The van der Waals surface area contributed by atoms with Gasteiger partial charge in [0.1, 0.15) is 49.3 Å². The van der Waals surface area contributed by atoms with Gasteiger partial charge in [0.2, 0.25) is 39.9 Å². The molecule has 7 nitrogen and oxygen atoms in total. The normalized spacial score (nSPS) is 13.1. The van der Waals surface area contributed by atoms with Gasteiger partial charge in [0.15, 0.2) is 43.4 Å². The van der Waals surface area contributed by atoms with Crippen molar-refractivity contribution in [3.63, 3.8) is 0 Å². The van der Waals surface area contributed by atoms with Crippen LogP contribution in [-0.2, 0) is 81.3 Å². The fraction of sp³-hybridized carbons (Fsp3) is 0.325. The second kappa shape index (κ2) is 45.8. The van der Waals surface area contributed by atoms with Gasteiger partial charge in [-0.1, -0.05) is 217 Å². The molecule has 0 saturated heterocycles. The fourth-order valence-electron chi connectivity index (χ4n) is 14.8. The number of nitrogens with zero attached hydrogens (tertiary/aromatic N) is 7. The zero-order valence-corrected chi connectivity index (χ0v) is 77.6. The van der Waals surface area contributed by atoms with E-state index in [1.165, 1.54) is 102 Å². The first kappa shape index (κ1) is 80.6. The highest BCUT2D eigenvalue weighted by molar-refractivity contribution is 5.66. The number of aromatic nitrogens is 7. The molecule has 0 amide bonds. The Labute approximate surface area is 745 Å². The monoisotopic (exact) mass is 1620 g/mol. The van der Waals surface area contributed by atoms with Crippen LogP contribution in [0.2, 0.25) is 0 Å². The summed E-state index contributed by atoms with van der Waals surface area (Å²) in [6.07, 6.45) is 12.2. The van der Waals surface area contributed by atoms with Crippen molar-refractivity contribution >= 4 is 0 Å². The van der Waals surface area contributed by atoms with Crippen LogP contribution in [0.3, 0.4) is 0 Å². The summed E-state index contributed by atoms with van der Waals surface area (Å²) >= 11 is 0. The molecule has 14 aromatic rings. The van der Waals surface area contributed by atoms with Crippen LogP contribution in [0.25, 0.3) is 78.8 Å². The molecule has 1 unspecified atom stereocenters. The van der Waals surface area contributed by atoms with Gasteiger partial charge in [-0.05, 0) is 231 Å². The maximum atomic E-state index is 8.19. The van der Waals surface area contributed by atoms with E-state index < -0.39 is 31.9 Å². The Balaban J connectivity index is 0.000000189. The standard InChI is InChI=1S/C18H24N.2C17H22N.2C16H20N.2C15H18N/c1-14-8-6-7-9-16(14)17-12-15(10-11-19(17)5)13-18(2,3)4;1-13(2)11-15-9-10-18(4)17(12-15)16-8-6-5-7-14(16)3;1-13(2)11-15-9-10-17(18(4)12-15)16-8-6-5-7-14(16)3;1-12(2)14-9-10-17(4)16(11-14)15-8-6-5-7-13(15)3;1-12(2)14-9-10-16(17(4)11-14)15-8-6-5-7-13(15)3;1-4-13-9-10-16(3)15(11-13)14-8-6-5-7-12(14)2;1-4-13-9-10-15(16(3)11-13)14-8-6-5-7-12(14)2/h6-12H,13H2,1-5H3;2*5-10,12-13H,11H2,1-4H3;2*5-12H,1-4H3;2*5-11H,4H2,1-3H3/q7*+1/i;;11D2;;1D3,12D;2*4D2. The van der Waals surface area contributed by atoms with E-state index in [0.717, 1.165) is 57.9 Å². The van der Waals surface area contributed by atoms with Gasteiger partial charge in [-0.2, -0.15) is 0 Å². The molecule has 7 heterocycles. The molecule has 0 fully saturated rings. The molecule has 628 valence electrons. The molecule has 0 aliphatic carbocycles. The highest BCUT2D eigenvalue weighted by Crippen LogP contribution is 2.30. The summed E-state index contributed by atoms with van der Waals surface area (Å²) < 4.78 is 92.7. The van der Waals surface area contributed by atoms with E-state index in [9.17, 15) is 0 Å². The quantitative estimate of drug-likeness (QED) is 0.0863. The zero-order chi connectivity index (χ0) is 97.0. The molecule has 0 bridgehead atoms. The molecule has 0 aliphatic rings. The maximum absolute atomic E-state index is 8.19. The first-order valence-corrected chi connectivity index (χ1v) is 42.7. The van der Waals surface area contributed by atoms with Gasteiger partial charge in [0, 0.05) is 136 Å². The Hall–Kier alpha value is -11.4. The molecule has 121 heavy (non-hydrogen) atoms. The summed E-state index contributed by atoms with van der Waals surface area (Å²) in [7, 11) is 14.1. The molecule has 7 heteroatoms. The van der Waals surface area contributed by atoms with Gasteiger partial charge in [-0.15, -0.1) is 0 Å². The third-order valence-electron chi connectivity index (χ3n) is 21.6. The molecule has 7 aromatic heterocycles. The molecule has 0 radical (unpaired) electrons. The van der Waals surface area contributed by atoms with E-state index in [-0.39, 0.29) is 5.92 Å². The maximum Gasteiger partial charge on any atom is 0.212 e. The SMILES string of the molecule is Cc1ccccc1-c1cc(C(C)C)cc[n+]1C.Cc1ccccc1-c1cc(CC(C)(C)C)cc[n+]1C.Cc1ccccc1-c1cc(CC(C)C)cc[n+]1C.[2H]C([2H])(C)c1cc[n+](C)c(-c2ccccc2C)c1.[2H]C([2H])(C)c1ccc(-c2ccccc2C)[n+](C)c1.[2H]C([2H])([2H])C([2H])(C)c1ccc(-c2ccccc2C)[n+](C)c1.[2H]C([2H])(c1ccc(-c2ccccc2C)[n+](C)c1)C(C)C. The van der Waals surface area contributed by atoms with E-state index in [1.54, 1.807) is 26.1 Å². The van der Waals surface area contributed by atoms with Gasteiger partial charge in [-0.25, -0.2) is 32.0 Å². The van der Waals surface area contributed by atoms with E-state index >= 15 is 0 Å². The molecule has 0 saturated carbocycles. The lowest BCUT2D eigenvalue weighted by Crippen LogP contribution is -2.31. The molecule has 1 atom stereocenters. The average Bonchev–Trinajstić information content (AvgIpc) is 0.777. The third kappa shape index (κ3) is 28.1. The van der Waals surface area contributed by atoms with Crippen molar-refractivity contribution in [2.24, 2.45) is 66.6 Å². The van der Waals surface area contributed by atoms with Crippen LogP contribution in [0.4, 0.5) is 0 Å². The minimum atomic E-state index is -2.36. The summed E-state index contributed by atoms with van der Waals surface area (Å²) in [6, 6.07) is 87.1. The zero-order valence-electron chi connectivity index (χ0n) is 87.6. The topological polar surface area (TPSA) is 27.2 Å². The van der Waals surface area contributed by atoms with Crippen LogP contribution >= 0.6 is 0 Å². The fourth-order valence-corrected chi connectivity index (χ4v) is 14.8.